The van der Waals surface area contributed by atoms with Crippen LogP contribution in [0, 0.1) is 0 Å². The van der Waals surface area contributed by atoms with Crippen LogP contribution >= 0.6 is 0 Å². The van der Waals surface area contributed by atoms with Crippen molar-refractivity contribution in [2.24, 2.45) is 5.73 Å². The zero-order valence-corrected chi connectivity index (χ0v) is 16.5. The van der Waals surface area contributed by atoms with Crippen molar-refractivity contribution in [2.75, 3.05) is 39.3 Å². The Morgan fingerprint density at radius 2 is 1.33 bits per heavy atom. The van der Waals surface area contributed by atoms with E-state index in [9.17, 15) is 0 Å². The Hall–Kier alpha value is -0.970. The zero-order valence-electron chi connectivity index (χ0n) is 16.5. The smallest absolute Gasteiger partial charge is 0.0543 e. The first-order valence-electron chi connectivity index (χ1n) is 9.76. The molecule has 1 heterocycles. The Morgan fingerprint density at radius 1 is 0.792 bits per heavy atom. The van der Waals surface area contributed by atoms with Crippen molar-refractivity contribution in [1.82, 2.24) is 14.8 Å². The molecule has 2 N–H and O–H groups in total. The summed E-state index contributed by atoms with van der Waals surface area (Å²) in [5, 5.41) is 0. The fourth-order valence-corrected chi connectivity index (χ4v) is 2.77. The Kier molecular flexibility index (Phi) is 16.2. The molecule has 1 aromatic heterocycles. The van der Waals surface area contributed by atoms with Crippen LogP contribution in [0.1, 0.15) is 59.1 Å². The van der Waals surface area contributed by atoms with Gasteiger partial charge in [-0.3, -0.25) is 9.88 Å². The molecule has 140 valence electrons. The van der Waals surface area contributed by atoms with E-state index in [0.717, 1.165) is 19.6 Å². The lowest BCUT2D eigenvalue weighted by molar-refractivity contribution is 0.263. The molecule has 0 atom stereocenters. The summed E-state index contributed by atoms with van der Waals surface area (Å²) in [6.07, 6.45) is 6.77. The first-order valence-corrected chi connectivity index (χ1v) is 9.76. The predicted octanol–water partition coefficient (Wildman–Crippen LogP) is 3.77. The zero-order chi connectivity index (χ0) is 18.0. The largest absolute Gasteiger partial charge is 0.329 e. The molecule has 0 saturated heterocycles. The van der Waals surface area contributed by atoms with Gasteiger partial charge in [-0.05, 0) is 64.0 Å². The van der Waals surface area contributed by atoms with E-state index in [1.165, 1.54) is 57.6 Å². The third kappa shape index (κ3) is 12.5. The number of hydrogen-bond acceptors (Lipinski definition) is 4. The van der Waals surface area contributed by atoms with E-state index in [-0.39, 0.29) is 0 Å². The molecular weight excluding hydrogens is 296 g/mol. The Morgan fingerprint density at radius 3 is 1.75 bits per heavy atom. The van der Waals surface area contributed by atoms with Crippen molar-refractivity contribution >= 4 is 0 Å². The van der Waals surface area contributed by atoms with E-state index in [4.69, 9.17) is 5.73 Å². The monoisotopic (exact) mass is 336 g/mol. The molecule has 0 aliphatic heterocycles. The van der Waals surface area contributed by atoms with E-state index in [1.54, 1.807) is 0 Å². The molecule has 0 radical (unpaired) electrons. The molecule has 4 nitrogen and oxygen atoms in total. The summed E-state index contributed by atoms with van der Waals surface area (Å²) in [5.41, 5.74) is 6.62. The number of pyridine rings is 1. The number of aromatic nitrogens is 1. The first kappa shape index (κ1) is 23.0. The van der Waals surface area contributed by atoms with Crippen LogP contribution in [0.25, 0.3) is 0 Å². The standard InChI is InChI=1S/C12H20N2.C8H20N2/c1-3-9-14(10-4-2)11-12-7-5-6-8-13-12;1-3-6-10(7-4-2)8-5-9/h5-8H,3-4,9-11H2,1-2H3;3-9H2,1-2H3. The van der Waals surface area contributed by atoms with Gasteiger partial charge in [0.05, 0.1) is 5.69 Å². The van der Waals surface area contributed by atoms with Gasteiger partial charge in [0.1, 0.15) is 0 Å². The van der Waals surface area contributed by atoms with E-state index in [2.05, 4.69) is 54.6 Å². The Labute approximate surface area is 150 Å². The number of nitrogens with zero attached hydrogens (tertiary/aromatic N) is 3. The van der Waals surface area contributed by atoms with Crippen LogP contribution in [0.5, 0.6) is 0 Å². The average Bonchev–Trinajstić information content (AvgIpc) is 2.58. The highest BCUT2D eigenvalue weighted by atomic mass is 15.1. The third-order valence-corrected chi connectivity index (χ3v) is 3.72. The van der Waals surface area contributed by atoms with E-state index < -0.39 is 0 Å². The molecule has 0 amide bonds. The highest BCUT2D eigenvalue weighted by molar-refractivity contribution is 5.03. The second-order valence-electron chi connectivity index (χ2n) is 6.23. The molecule has 0 unspecified atom stereocenters. The van der Waals surface area contributed by atoms with Crippen LogP contribution < -0.4 is 5.73 Å². The highest BCUT2D eigenvalue weighted by Crippen LogP contribution is 2.02. The molecule has 0 bridgehead atoms. The van der Waals surface area contributed by atoms with Crippen LogP contribution in [-0.2, 0) is 6.54 Å². The summed E-state index contributed by atoms with van der Waals surface area (Å²) >= 11 is 0. The molecule has 1 rings (SSSR count). The van der Waals surface area contributed by atoms with E-state index in [1.807, 2.05) is 12.3 Å². The minimum absolute atomic E-state index is 0.792. The van der Waals surface area contributed by atoms with Crippen molar-refractivity contribution in [1.29, 1.82) is 0 Å². The molecule has 0 saturated carbocycles. The molecule has 0 spiro atoms. The lowest BCUT2D eigenvalue weighted by Gasteiger charge is -2.20. The fourth-order valence-electron chi connectivity index (χ4n) is 2.77. The SMILES string of the molecule is CCCN(CCC)CCN.CCCN(CCC)Cc1ccccn1. The lowest BCUT2D eigenvalue weighted by Crippen LogP contribution is -2.30. The molecule has 24 heavy (non-hydrogen) atoms. The van der Waals surface area contributed by atoms with Crippen molar-refractivity contribution in [3.05, 3.63) is 30.1 Å². The van der Waals surface area contributed by atoms with Crippen molar-refractivity contribution in [2.45, 2.75) is 59.9 Å². The van der Waals surface area contributed by atoms with Crippen LogP contribution in [0.3, 0.4) is 0 Å². The van der Waals surface area contributed by atoms with Gasteiger partial charge in [-0.15, -0.1) is 0 Å². The number of rotatable bonds is 12. The van der Waals surface area contributed by atoms with Gasteiger partial charge >= 0.3 is 0 Å². The summed E-state index contributed by atoms with van der Waals surface area (Å²) in [4.78, 5) is 9.22. The molecule has 0 aromatic carbocycles. The van der Waals surface area contributed by atoms with Crippen LogP contribution in [-0.4, -0.2) is 54.1 Å². The van der Waals surface area contributed by atoms with Crippen molar-refractivity contribution in [3.63, 3.8) is 0 Å². The van der Waals surface area contributed by atoms with Crippen LogP contribution in [0.2, 0.25) is 0 Å². The maximum Gasteiger partial charge on any atom is 0.0543 e. The Bertz CT molecular complexity index is 336. The van der Waals surface area contributed by atoms with Gasteiger partial charge in [0.2, 0.25) is 0 Å². The number of nitrogens with two attached hydrogens (primary N) is 1. The van der Waals surface area contributed by atoms with Gasteiger partial charge in [0.15, 0.2) is 0 Å². The number of hydrogen-bond donors (Lipinski definition) is 1. The van der Waals surface area contributed by atoms with E-state index >= 15 is 0 Å². The van der Waals surface area contributed by atoms with Crippen molar-refractivity contribution in [3.8, 4) is 0 Å². The average molecular weight is 337 g/mol. The van der Waals surface area contributed by atoms with Gasteiger partial charge in [-0.25, -0.2) is 0 Å². The second kappa shape index (κ2) is 16.9. The third-order valence-electron chi connectivity index (χ3n) is 3.72. The van der Waals surface area contributed by atoms with Gasteiger partial charge in [0.25, 0.3) is 0 Å². The lowest BCUT2D eigenvalue weighted by atomic mass is 10.3. The van der Waals surface area contributed by atoms with Crippen molar-refractivity contribution < 1.29 is 0 Å². The van der Waals surface area contributed by atoms with Gasteiger partial charge < -0.3 is 10.6 Å². The van der Waals surface area contributed by atoms with E-state index in [0.29, 0.717) is 0 Å². The molecular formula is C20H40N4. The fraction of sp³-hybridized carbons (Fsp3) is 0.750. The summed E-state index contributed by atoms with van der Waals surface area (Å²) in [7, 11) is 0. The van der Waals surface area contributed by atoms with Crippen LogP contribution in [0.15, 0.2) is 24.4 Å². The Balaban J connectivity index is 0.000000470. The quantitative estimate of drug-likeness (QED) is 0.631. The van der Waals surface area contributed by atoms with Gasteiger partial charge in [0, 0.05) is 25.8 Å². The summed E-state index contributed by atoms with van der Waals surface area (Å²) in [5.74, 6) is 0. The van der Waals surface area contributed by atoms with Crippen LogP contribution in [0.4, 0.5) is 0 Å². The summed E-state index contributed by atoms with van der Waals surface area (Å²) < 4.78 is 0. The summed E-state index contributed by atoms with van der Waals surface area (Å²) in [6, 6.07) is 6.12. The minimum atomic E-state index is 0.792. The normalized spacial score (nSPS) is 10.8. The maximum absolute atomic E-state index is 5.45. The second-order valence-corrected chi connectivity index (χ2v) is 6.23. The van der Waals surface area contributed by atoms with Gasteiger partial charge in [-0.1, -0.05) is 33.8 Å². The molecule has 0 aliphatic carbocycles. The molecule has 0 fully saturated rings. The van der Waals surface area contributed by atoms with Gasteiger partial charge in [-0.2, -0.15) is 0 Å². The molecule has 1 aromatic rings. The molecule has 4 heteroatoms. The first-order chi connectivity index (χ1) is 11.7. The maximum atomic E-state index is 5.45. The predicted molar refractivity (Wildman–Crippen MR) is 106 cm³/mol. The minimum Gasteiger partial charge on any atom is -0.329 e. The summed E-state index contributed by atoms with van der Waals surface area (Å²) in [6.45, 7) is 16.4. The highest BCUT2D eigenvalue weighted by Gasteiger charge is 2.03. The molecule has 0 aliphatic rings. The topological polar surface area (TPSA) is 45.4 Å².